The van der Waals surface area contributed by atoms with Crippen molar-refractivity contribution in [3.05, 3.63) is 63.2 Å². The summed E-state index contributed by atoms with van der Waals surface area (Å²) in [5, 5.41) is 11.6. The highest BCUT2D eigenvalue weighted by molar-refractivity contribution is 8.76. The summed E-state index contributed by atoms with van der Waals surface area (Å²) in [5.74, 6) is 0.348. The van der Waals surface area contributed by atoms with Gasteiger partial charge in [0.1, 0.15) is 0 Å². The van der Waals surface area contributed by atoms with E-state index in [9.17, 15) is 10.1 Å². The Hall–Kier alpha value is -0.880. The Balaban J connectivity index is 2.24. The number of hydrogen-bond donors (Lipinski definition) is 0. The van der Waals surface area contributed by atoms with E-state index in [1.54, 1.807) is 24.3 Å². The summed E-state index contributed by atoms with van der Waals surface area (Å²) >= 11 is 12.0. The molecule has 0 unspecified atom stereocenters. The Morgan fingerprint density at radius 2 is 1.85 bits per heavy atom. The number of halogens is 2. The number of rotatable bonds is 5. The SMILES string of the molecule is O=[N+]([O-])c1ccccc1SSc1c(Cl)cccc1CCl. The van der Waals surface area contributed by atoms with Crippen LogP contribution in [0.25, 0.3) is 0 Å². The number of nitro benzene ring substituents is 1. The molecule has 0 fully saturated rings. The van der Waals surface area contributed by atoms with E-state index in [0.29, 0.717) is 15.8 Å². The molecule has 2 rings (SSSR count). The summed E-state index contributed by atoms with van der Waals surface area (Å²) in [6.45, 7) is 0. The summed E-state index contributed by atoms with van der Waals surface area (Å²) in [7, 11) is 2.68. The lowest BCUT2D eigenvalue weighted by Gasteiger charge is -2.08. The Morgan fingerprint density at radius 1 is 1.10 bits per heavy atom. The zero-order valence-corrected chi connectivity index (χ0v) is 13.2. The molecule has 0 aliphatic rings. The monoisotopic (exact) mass is 345 g/mol. The van der Waals surface area contributed by atoms with Gasteiger partial charge in [0.25, 0.3) is 5.69 Å². The summed E-state index contributed by atoms with van der Waals surface area (Å²) in [6, 6.07) is 12.1. The third-order valence-corrected chi connectivity index (χ3v) is 5.73. The maximum Gasteiger partial charge on any atom is 0.283 e. The molecule has 0 saturated carbocycles. The van der Waals surface area contributed by atoms with E-state index in [-0.39, 0.29) is 5.69 Å². The highest BCUT2D eigenvalue weighted by Gasteiger charge is 2.15. The van der Waals surface area contributed by atoms with E-state index < -0.39 is 4.92 Å². The number of nitro groups is 1. The van der Waals surface area contributed by atoms with Crippen LogP contribution in [-0.2, 0) is 5.88 Å². The van der Waals surface area contributed by atoms with Crippen LogP contribution in [0.5, 0.6) is 0 Å². The highest BCUT2D eigenvalue weighted by Crippen LogP contribution is 2.45. The molecule has 2 aromatic carbocycles. The third kappa shape index (κ3) is 3.61. The molecule has 0 amide bonds. The number of alkyl halides is 1. The van der Waals surface area contributed by atoms with Gasteiger partial charge in [0.2, 0.25) is 0 Å². The number of benzene rings is 2. The average Bonchev–Trinajstić information content (AvgIpc) is 2.46. The second kappa shape index (κ2) is 7.22. The van der Waals surface area contributed by atoms with Gasteiger partial charge in [-0.05, 0) is 28.5 Å². The van der Waals surface area contributed by atoms with Crippen molar-refractivity contribution in [1.82, 2.24) is 0 Å². The van der Waals surface area contributed by atoms with Gasteiger partial charge in [0.15, 0.2) is 0 Å². The fourth-order valence-corrected chi connectivity index (χ4v) is 4.73. The van der Waals surface area contributed by atoms with Crippen molar-refractivity contribution in [2.24, 2.45) is 0 Å². The summed E-state index contributed by atoms with van der Waals surface area (Å²) in [6.07, 6.45) is 0. The Morgan fingerprint density at radius 3 is 2.55 bits per heavy atom. The van der Waals surface area contributed by atoms with Crippen molar-refractivity contribution >= 4 is 50.5 Å². The second-order valence-corrected chi connectivity index (χ2v) is 6.61. The molecular formula is C13H9Cl2NO2S2. The molecule has 0 spiro atoms. The fraction of sp³-hybridized carbons (Fsp3) is 0.0769. The van der Waals surface area contributed by atoms with Gasteiger partial charge in [0, 0.05) is 16.8 Å². The molecule has 0 atom stereocenters. The maximum atomic E-state index is 11.0. The topological polar surface area (TPSA) is 43.1 Å². The predicted octanol–water partition coefficient (Wildman–Crippen LogP) is 5.79. The van der Waals surface area contributed by atoms with Gasteiger partial charge in [-0.1, -0.05) is 46.7 Å². The molecule has 0 radical (unpaired) electrons. The van der Waals surface area contributed by atoms with Gasteiger partial charge in [-0.25, -0.2) is 0 Å². The molecule has 20 heavy (non-hydrogen) atoms. The van der Waals surface area contributed by atoms with Gasteiger partial charge in [-0.2, -0.15) is 0 Å². The van der Waals surface area contributed by atoms with Crippen LogP contribution in [0.4, 0.5) is 5.69 Å². The zero-order chi connectivity index (χ0) is 14.5. The summed E-state index contributed by atoms with van der Waals surface area (Å²) in [4.78, 5) is 12.0. The molecule has 2 aromatic rings. The lowest BCUT2D eigenvalue weighted by atomic mass is 10.2. The molecular weight excluding hydrogens is 337 g/mol. The first-order valence-electron chi connectivity index (χ1n) is 5.54. The van der Waals surface area contributed by atoms with Crippen LogP contribution >= 0.6 is 44.8 Å². The minimum absolute atomic E-state index is 0.0875. The summed E-state index contributed by atoms with van der Waals surface area (Å²) in [5.41, 5.74) is 1.000. The van der Waals surface area contributed by atoms with Crippen LogP contribution in [0.2, 0.25) is 5.02 Å². The van der Waals surface area contributed by atoms with Crippen LogP contribution in [0.15, 0.2) is 52.3 Å². The normalized spacial score (nSPS) is 10.5. The Labute approximate surface area is 134 Å². The Bertz CT molecular complexity index is 638. The standard InChI is InChI=1S/C13H9Cl2NO2S2/c14-8-9-4-3-5-10(15)13(9)20-19-12-7-2-1-6-11(12)16(17)18/h1-7H,8H2. The lowest BCUT2D eigenvalue weighted by Crippen LogP contribution is -1.89. The van der Waals surface area contributed by atoms with Crippen LogP contribution in [0.3, 0.4) is 0 Å². The molecule has 0 N–H and O–H groups in total. The average molecular weight is 346 g/mol. The highest BCUT2D eigenvalue weighted by atomic mass is 35.5. The zero-order valence-electron chi connectivity index (χ0n) is 10.1. The van der Waals surface area contributed by atoms with Crippen LogP contribution in [0.1, 0.15) is 5.56 Å². The van der Waals surface area contributed by atoms with Crippen molar-refractivity contribution in [1.29, 1.82) is 0 Å². The first-order chi connectivity index (χ1) is 9.63. The smallest absolute Gasteiger partial charge is 0.258 e. The first-order valence-corrected chi connectivity index (χ1v) is 8.61. The number of nitrogens with zero attached hydrogens (tertiary/aromatic N) is 1. The molecule has 0 bridgehead atoms. The van der Waals surface area contributed by atoms with Crippen molar-refractivity contribution in [3.63, 3.8) is 0 Å². The van der Waals surface area contributed by atoms with Crippen LogP contribution in [-0.4, -0.2) is 4.92 Å². The van der Waals surface area contributed by atoms with E-state index in [1.807, 2.05) is 12.1 Å². The minimum atomic E-state index is -0.391. The van der Waals surface area contributed by atoms with E-state index in [2.05, 4.69) is 0 Å². The van der Waals surface area contributed by atoms with E-state index in [1.165, 1.54) is 27.7 Å². The lowest BCUT2D eigenvalue weighted by molar-refractivity contribution is -0.387. The van der Waals surface area contributed by atoms with Crippen LogP contribution in [0, 0.1) is 10.1 Å². The van der Waals surface area contributed by atoms with Crippen molar-refractivity contribution in [3.8, 4) is 0 Å². The van der Waals surface area contributed by atoms with Gasteiger partial charge in [-0.3, -0.25) is 10.1 Å². The maximum absolute atomic E-state index is 11.0. The molecule has 0 aliphatic carbocycles. The molecule has 0 heterocycles. The fourth-order valence-electron chi connectivity index (χ4n) is 1.52. The Kier molecular flexibility index (Phi) is 5.60. The number of hydrogen-bond acceptors (Lipinski definition) is 4. The molecule has 0 saturated heterocycles. The molecule has 104 valence electrons. The van der Waals surface area contributed by atoms with Gasteiger partial charge in [-0.15, -0.1) is 11.6 Å². The van der Waals surface area contributed by atoms with Gasteiger partial charge >= 0.3 is 0 Å². The molecule has 3 nitrogen and oxygen atoms in total. The second-order valence-electron chi connectivity index (χ2n) is 3.75. The first kappa shape index (κ1) is 15.5. The third-order valence-electron chi connectivity index (χ3n) is 2.47. The van der Waals surface area contributed by atoms with Crippen molar-refractivity contribution in [2.75, 3.05) is 0 Å². The molecule has 7 heteroatoms. The van der Waals surface area contributed by atoms with Gasteiger partial charge in [0.05, 0.1) is 14.8 Å². The van der Waals surface area contributed by atoms with Crippen molar-refractivity contribution in [2.45, 2.75) is 15.7 Å². The van der Waals surface area contributed by atoms with Gasteiger partial charge < -0.3 is 0 Å². The largest absolute Gasteiger partial charge is 0.283 e. The summed E-state index contributed by atoms with van der Waals surface area (Å²) < 4.78 is 0. The minimum Gasteiger partial charge on any atom is -0.258 e. The predicted molar refractivity (Wildman–Crippen MR) is 85.8 cm³/mol. The molecule has 0 aliphatic heterocycles. The van der Waals surface area contributed by atoms with E-state index in [0.717, 1.165) is 10.5 Å². The number of para-hydroxylation sites is 1. The van der Waals surface area contributed by atoms with Crippen LogP contribution < -0.4 is 0 Å². The van der Waals surface area contributed by atoms with E-state index >= 15 is 0 Å². The quantitative estimate of drug-likeness (QED) is 0.298. The van der Waals surface area contributed by atoms with Crippen molar-refractivity contribution < 1.29 is 4.92 Å². The van der Waals surface area contributed by atoms with E-state index in [4.69, 9.17) is 23.2 Å². The molecule has 0 aromatic heterocycles.